The average Bonchev–Trinajstić information content (AvgIpc) is 2.30. The maximum Gasteiger partial charge on any atom is 0.350 e. The summed E-state index contributed by atoms with van der Waals surface area (Å²) in [4.78, 5) is 34.1. The third kappa shape index (κ3) is 3.81. The van der Waals surface area contributed by atoms with Gasteiger partial charge < -0.3 is 5.11 Å². The summed E-state index contributed by atoms with van der Waals surface area (Å²) in [5, 5.41) is 19.1. The summed E-state index contributed by atoms with van der Waals surface area (Å²) >= 11 is 0. The van der Waals surface area contributed by atoms with Crippen LogP contribution < -0.4 is 11.2 Å². The highest BCUT2D eigenvalue weighted by atomic mass is 16.6. The van der Waals surface area contributed by atoms with Crippen LogP contribution in [0.25, 0.3) is 0 Å². The number of nitro groups is 1. The predicted octanol–water partition coefficient (Wildman–Crippen LogP) is -0.00250. The van der Waals surface area contributed by atoms with Crippen LogP contribution in [0.2, 0.25) is 0 Å². The summed E-state index contributed by atoms with van der Waals surface area (Å²) in [7, 11) is 0. The Hall–Kier alpha value is -1.96. The minimum atomic E-state index is -0.985. The van der Waals surface area contributed by atoms with Crippen LogP contribution in [0, 0.1) is 10.1 Å². The number of unbranched alkanes of at least 4 members (excludes halogenated alkanes) is 3. The fraction of sp³-hybridized carbons (Fsp3) is 0.600. The molecule has 0 bridgehead atoms. The maximum absolute atomic E-state index is 11.4. The first-order valence-electron chi connectivity index (χ1n) is 5.65. The smallest absolute Gasteiger partial charge is 0.350 e. The van der Waals surface area contributed by atoms with Crippen LogP contribution in [-0.2, 0) is 6.54 Å². The summed E-state index contributed by atoms with van der Waals surface area (Å²) in [5.41, 5.74) is -2.26. The molecule has 0 fully saturated rings. The topological polar surface area (TPSA) is 118 Å². The molecule has 0 atom stereocenters. The van der Waals surface area contributed by atoms with Gasteiger partial charge in [0.15, 0.2) is 0 Å². The Labute approximate surface area is 102 Å². The molecule has 1 rings (SSSR count). The minimum absolute atomic E-state index is 0.129. The van der Waals surface area contributed by atoms with E-state index in [-0.39, 0.29) is 6.61 Å². The van der Waals surface area contributed by atoms with Crippen molar-refractivity contribution in [2.24, 2.45) is 0 Å². The number of hydrogen-bond donors (Lipinski definition) is 2. The zero-order chi connectivity index (χ0) is 13.5. The number of aliphatic hydroxyl groups excluding tert-OH is 1. The molecule has 0 aliphatic heterocycles. The number of aryl methyl sites for hydroxylation is 1. The second-order valence-corrected chi connectivity index (χ2v) is 3.86. The molecule has 1 heterocycles. The Bertz CT molecular complexity index is 519. The highest BCUT2D eigenvalue weighted by molar-refractivity contribution is 5.20. The molecule has 1 aromatic rings. The number of rotatable bonds is 7. The standard InChI is InChI=1S/C10H15N3O5/c14-6-4-2-1-3-5-12-7-8(13(17)18)9(15)11-10(12)16/h7,14H,1-6H2,(H,11,15,16). The van der Waals surface area contributed by atoms with E-state index in [2.05, 4.69) is 0 Å². The van der Waals surface area contributed by atoms with Gasteiger partial charge in [-0.1, -0.05) is 12.8 Å². The lowest BCUT2D eigenvalue weighted by Crippen LogP contribution is -2.30. The van der Waals surface area contributed by atoms with Gasteiger partial charge in [0, 0.05) is 13.2 Å². The van der Waals surface area contributed by atoms with E-state index in [4.69, 9.17) is 5.11 Å². The number of aromatic nitrogens is 2. The van der Waals surface area contributed by atoms with Crippen molar-refractivity contribution < 1.29 is 10.0 Å². The lowest BCUT2D eigenvalue weighted by molar-refractivity contribution is -0.386. The fourth-order valence-corrected chi connectivity index (χ4v) is 1.54. The third-order valence-electron chi connectivity index (χ3n) is 2.50. The highest BCUT2D eigenvalue weighted by Gasteiger charge is 2.14. The van der Waals surface area contributed by atoms with Gasteiger partial charge in [0.2, 0.25) is 0 Å². The molecule has 1 aromatic heterocycles. The van der Waals surface area contributed by atoms with Gasteiger partial charge in [-0.25, -0.2) is 4.79 Å². The number of hydrogen-bond acceptors (Lipinski definition) is 5. The highest BCUT2D eigenvalue weighted by Crippen LogP contribution is 2.03. The summed E-state index contributed by atoms with van der Waals surface area (Å²) in [6.45, 7) is 0.436. The number of nitrogens with zero attached hydrogens (tertiary/aromatic N) is 2. The molecular weight excluding hydrogens is 242 g/mol. The van der Waals surface area contributed by atoms with Gasteiger partial charge in [0.1, 0.15) is 0 Å². The molecule has 8 heteroatoms. The van der Waals surface area contributed by atoms with E-state index in [1.54, 1.807) is 0 Å². The Morgan fingerprint density at radius 2 is 1.94 bits per heavy atom. The summed E-state index contributed by atoms with van der Waals surface area (Å²) < 4.78 is 1.12. The first kappa shape index (κ1) is 14.1. The zero-order valence-electron chi connectivity index (χ0n) is 9.79. The van der Waals surface area contributed by atoms with Crippen LogP contribution in [0.3, 0.4) is 0 Å². The van der Waals surface area contributed by atoms with Crippen molar-refractivity contribution >= 4 is 5.69 Å². The van der Waals surface area contributed by atoms with Crippen LogP contribution in [-0.4, -0.2) is 26.2 Å². The Morgan fingerprint density at radius 3 is 2.56 bits per heavy atom. The molecule has 0 unspecified atom stereocenters. The Balaban J connectivity index is 2.71. The van der Waals surface area contributed by atoms with Gasteiger partial charge in [-0.3, -0.25) is 24.5 Å². The van der Waals surface area contributed by atoms with Crippen molar-refractivity contribution in [1.29, 1.82) is 0 Å². The number of H-pyrrole nitrogens is 1. The van der Waals surface area contributed by atoms with Crippen LogP contribution in [0.4, 0.5) is 5.69 Å². The van der Waals surface area contributed by atoms with E-state index in [9.17, 15) is 19.7 Å². The molecule has 0 saturated carbocycles. The Kier molecular flexibility index (Phi) is 5.25. The van der Waals surface area contributed by atoms with Crippen LogP contribution in [0.5, 0.6) is 0 Å². The van der Waals surface area contributed by atoms with Crippen molar-refractivity contribution in [2.45, 2.75) is 32.2 Å². The number of nitrogens with one attached hydrogen (secondary N) is 1. The second-order valence-electron chi connectivity index (χ2n) is 3.86. The van der Waals surface area contributed by atoms with Crippen LogP contribution in [0.1, 0.15) is 25.7 Å². The molecule has 0 aromatic carbocycles. The number of aromatic amines is 1. The molecule has 0 spiro atoms. The lowest BCUT2D eigenvalue weighted by Gasteiger charge is -2.04. The predicted molar refractivity (Wildman–Crippen MR) is 63.5 cm³/mol. The van der Waals surface area contributed by atoms with Crippen molar-refractivity contribution in [2.75, 3.05) is 6.61 Å². The van der Waals surface area contributed by atoms with E-state index in [0.29, 0.717) is 19.4 Å². The van der Waals surface area contributed by atoms with Crippen molar-refractivity contribution in [3.8, 4) is 0 Å². The maximum atomic E-state index is 11.4. The van der Waals surface area contributed by atoms with Crippen molar-refractivity contribution in [3.05, 3.63) is 37.1 Å². The van der Waals surface area contributed by atoms with Gasteiger partial charge in [0.25, 0.3) is 0 Å². The SMILES string of the molecule is O=c1[nH]c(=O)n(CCCCCCO)cc1[N+](=O)[O-]. The van der Waals surface area contributed by atoms with E-state index in [1.165, 1.54) is 0 Å². The van der Waals surface area contributed by atoms with E-state index in [1.807, 2.05) is 4.98 Å². The summed E-state index contributed by atoms with van der Waals surface area (Å²) in [6, 6.07) is 0. The molecule has 0 amide bonds. The largest absolute Gasteiger partial charge is 0.396 e. The van der Waals surface area contributed by atoms with Crippen molar-refractivity contribution in [1.82, 2.24) is 9.55 Å². The van der Waals surface area contributed by atoms with E-state index < -0.39 is 21.9 Å². The van der Waals surface area contributed by atoms with E-state index >= 15 is 0 Å². The normalized spacial score (nSPS) is 10.5. The lowest BCUT2D eigenvalue weighted by atomic mass is 10.2. The molecule has 8 nitrogen and oxygen atoms in total. The molecule has 2 N–H and O–H groups in total. The van der Waals surface area contributed by atoms with Crippen molar-refractivity contribution in [3.63, 3.8) is 0 Å². The quantitative estimate of drug-likeness (QED) is 0.405. The van der Waals surface area contributed by atoms with E-state index in [0.717, 1.165) is 23.6 Å². The molecular formula is C10H15N3O5. The van der Waals surface area contributed by atoms with Gasteiger partial charge in [-0.05, 0) is 12.8 Å². The summed E-state index contributed by atoms with van der Waals surface area (Å²) in [5.74, 6) is 0. The molecule has 0 radical (unpaired) electrons. The minimum Gasteiger partial charge on any atom is -0.396 e. The van der Waals surface area contributed by atoms with Gasteiger partial charge >= 0.3 is 16.9 Å². The van der Waals surface area contributed by atoms with Gasteiger partial charge in [-0.15, -0.1) is 0 Å². The molecule has 18 heavy (non-hydrogen) atoms. The Morgan fingerprint density at radius 1 is 1.28 bits per heavy atom. The molecule has 0 aliphatic rings. The molecule has 100 valence electrons. The third-order valence-corrected chi connectivity index (χ3v) is 2.50. The van der Waals surface area contributed by atoms with Gasteiger partial charge in [-0.2, -0.15) is 0 Å². The molecule has 0 saturated heterocycles. The second kappa shape index (κ2) is 6.70. The van der Waals surface area contributed by atoms with Crippen LogP contribution in [0.15, 0.2) is 15.8 Å². The van der Waals surface area contributed by atoms with Gasteiger partial charge in [0.05, 0.1) is 11.1 Å². The number of aliphatic hydroxyl groups is 1. The molecule has 0 aliphatic carbocycles. The average molecular weight is 257 g/mol. The monoisotopic (exact) mass is 257 g/mol. The summed E-state index contributed by atoms with van der Waals surface area (Å²) in [6.07, 6.45) is 3.95. The van der Waals surface area contributed by atoms with Crippen LogP contribution >= 0.6 is 0 Å². The fourth-order valence-electron chi connectivity index (χ4n) is 1.54. The first-order valence-corrected chi connectivity index (χ1v) is 5.65. The zero-order valence-corrected chi connectivity index (χ0v) is 9.79. The first-order chi connectivity index (χ1) is 8.56.